The number of amides is 1. The highest BCUT2D eigenvalue weighted by molar-refractivity contribution is 9.10. The van der Waals surface area contributed by atoms with Crippen LogP contribution in [0.1, 0.15) is 15.9 Å². The van der Waals surface area contributed by atoms with Crippen LogP contribution in [0.25, 0.3) is 0 Å². The number of carbonyl (C=O) groups is 1. The van der Waals surface area contributed by atoms with E-state index in [2.05, 4.69) is 21.2 Å². The van der Waals surface area contributed by atoms with E-state index in [1.54, 1.807) is 13.0 Å². The highest BCUT2D eigenvalue weighted by Crippen LogP contribution is 2.18. The topological polar surface area (TPSA) is 29.1 Å². The molecule has 0 heterocycles. The molecule has 19 heavy (non-hydrogen) atoms. The number of rotatable bonds is 2. The van der Waals surface area contributed by atoms with Gasteiger partial charge in [-0.05, 0) is 64.8 Å². The zero-order valence-electron chi connectivity index (χ0n) is 10.0. The Morgan fingerprint density at radius 3 is 2.53 bits per heavy atom. The zero-order valence-corrected chi connectivity index (χ0v) is 11.6. The fourth-order valence-electron chi connectivity index (χ4n) is 1.65. The number of halogens is 3. The molecule has 2 rings (SSSR count). The van der Waals surface area contributed by atoms with Crippen LogP contribution in [0.4, 0.5) is 14.5 Å². The van der Waals surface area contributed by atoms with Crippen molar-refractivity contribution in [2.75, 3.05) is 5.32 Å². The zero-order chi connectivity index (χ0) is 14.0. The first-order valence-corrected chi connectivity index (χ1v) is 6.28. The number of benzene rings is 2. The molecule has 2 aromatic rings. The molecule has 1 amide bonds. The third-order valence-corrected chi connectivity index (χ3v) is 3.12. The Hall–Kier alpha value is -1.75. The second kappa shape index (κ2) is 5.48. The molecule has 2 nitrogen and oxygen atoms in total. The molecular formula is C14H10BrF2NO. The van der Waals surface area contributed by atoms with Gasteiger partial charge in [0.25, 0.3) is 5.91 Å². The number of hydrogen-bond donors (Lipinski definition) is 1. The van der Waals surface area contributed by atoms with Crippen molar-refractivity contribution in [3.63, 3.8) is 0 Å². The van der Waals surface area contributed by atoms with Crippen molar-refractivity contribution in [3.05, 3.63) is 63.6 Å². The lowest BCUT2D eigenvalue weighted by Crippen LogP contribution is -2.12. The molecule has 0 atom stereocenters. The maximum Gasteiger partial charge on any atom is 0.255 e. The molecule has 0 radical (unpaired) electrons. The predicted molar refractivity (Wildman–Crippen MR) is 73.2 cm³/mol. The number of hydrogen-bond acceptors (Lipinski definition) is 1. The Morgan fingerprint density at radius 1 is 1.16 bits per heavy atom. The van der Waals surface area contributed by atoms with E-state index in [0.29, 0.717) is 11.3 Å². The van der Waals surface area contributed by atoms with Gasteiger partial charge in [0.15, 0.2) is 0 Å². The van der Waals surface area contributed by atoms with E-state index in [1.165, 1.54) is 24.3 Å². The van der Waals surface area contributed by atoms with Crippen LogP contribution in [0.2, 0.25) is 0 Å². The average molecular weight is 326 g/mol. The van der Waals surface area contributed by atoms with Crippen LogP contribution < -0.4 is 5.32 Å². The Bertz CT molecular complexity index is 623. The van der Waals surface area contributed by atoms with Crippen LogP contribution >= 0.6 is 15.9 Å². The summed E-state index contributed by atoms with van der Waals surface area (Å²) in [7, 11) is 0. The fraction of sp³-hybridized carbons (Fsp3) is 0.0714. The normalized spacial score (nSPS) is 10.3. The molecule has 98 valence electrons. The predicted octanol–water partition coefficient (Wildman–Crippen LogP) is 4.29. The summed E-state index contributed by atoms with van der Waals surface area (Å²) < 4.78 is 26.8. The first kappa shape index (κ1) is 13.7. The standard InChI is InChI=1S/C14H10BrF2NO/c1-8-4-10(16)7-11(5-8)18-14(19)9-2-3-12(15)13(17)6-9/h2-7H,1H3,(H,18,19). The summed E-state index contributed by atoms with van der Waals surface area (Å²) in [6.45, 7) is 1.72. The lowest BCUT2D eigenvalue weighted by molar-refractivity contribution is 0.102. The van der Waals surface area contributed by atoms with E-state index < -0.39 is 17.5 Å². The maximum absolute atomic E-state index is 13.3. The van der Waals surface area contributed by atoms with Gasteiger partial charge >= 0.3 is 0 Å². The summed E-state index contributed by atoms with van der Waals surface area (Å²) >= 11 is 3.01. The van der Waals surface area contributed by atoms with Crippen LogP contribution in [-0.4, -0.2) is 5.91 Å². The smallest absolute Gasteiger partial charge is 0.255 e. The van der Waals surface area contributed by atoms with E-state index in [9.17, 15) is 13.6 Å². The fourth-order valence-corrected chi connectivity index (χ4v) is 1.90. The lowest BCUT2D eigenvalue weighted by atomic mass is 10.2. The minimum atomic E-state index is -0.525. The van der Waals surface area contributed by atoms with Crippen molar-refractivity contribution in [1.82, 2.24) is 0 Å². The Morgan fingerprint density at radius 2 is 1.89 bits per heavy atom. The van der Waals surface area contributed by atoms with Gasteiger partial charge < -0.3 is 5.32 Å². The Kier molecular flexibility index (Phi) is 3.95. The second-order valence-electron chi connectivity index (χ2n) is 4.10. The average Bonchev–Trinajstić information content (AvgIpc) is 2.31. The summed E-state index contributed by atoms with van der Waals surface area (Å²) in [6.07, 6.45) is 0. The summed E-state index contributed by atoms with van der Waals surface area (Å²) in [5.74, 6) is -1.45. The van der Waals surface area contributed by atoms with Gasteiger partial charge in [0.1, 0.15) is 11.6 Å². The van der Waals surface area contributed by atoms with Gasteiger partial charge in [0, 0.05) is 11.3 Å². The quantitative estimate of drug-likeness (QED) is 0.876. The second-order valence-corrected chi connectivity index (χ2v) is 4.95. The van der Waals surface area contributed by atoms with Crippen molar-refractivity contribution >= 4 is 27.5 Å². The minimum Gasteiger partial charge on any atom is -0.322 e. The van der Waals surface area contributed by atoms with Gasteiger partial charge in [-0.3, -0.25) is 4.79 Å². The van der Waals surface area contributed by atoms with Gasteiger partial charge in [-0.1, -0.05) is 0 Å². The number of aryl methyl sites for hydroxylation is 1. The minimum absolute atomic E-state index is 0.169. The molecule has 0 unspecified atom stereocenters. The number of anilines is 1. The molecule has 0 fully saturated rings. The van der Waals surface area contributed by atoms with Crippen molar-refractivity contribution in [3.8, 4) is 0 Å². The van der Waals surface area contributed by atoms with Crippen molar-refractivity contribution < 1.29 is 13.6 Å². The van der Waals surface area contributed by atoms with Gasteiger partial charge in [0.05, 0.1) is 4.47 Å². The van der Waals surface area contributed by atoms with E-state index in [0.717, 1.165) is 6.07 Å². The Balaban J connectivity index is 2.22. The third kappa shape index (κ3) is 3.38. The van der Waals surface area contributed by atoms with E-state index in [-0.39, 0.29) is 10.0 Å². The van der Waals surface area contributed by atoms with Gasteiger partial charge in [-0.15, -0.1) is 0 Å². The van der Waals surface area contributed by atoms with Crippen LogP contribution in [0, 0.1) is 18.6 Å². The molecule has 1 N–H and O–H groups in total. The highest BCUT2D eigenvalue weighted by Gasteiger charge is 2.09. The molecule has 0 bridgehead atoms. The molecule has 2 aromatic carbocycles. The van der Waals surface area contributed by atoms with Gasteiger partial charge in [-0.2, -0.15) is 0 Å². The molecular weight excluding hydrogens is 316 g/mol. The maximum atomic E-state index is 13.3. The van der Waals surface area contributed by atoms with Crippen LogP contribution in [-0.2, 0) is 0 Å². The van der Waals surface area contributed by atoms with Crippen LogP contribution in [0.15, 0.2) is 40.9 Å². The van der Waals surface area contributed by atoms with Gasteiger partial charge in [-0.25, -0.2) is 8.78 Å². The van der Waals surface area contributed by atoms with Crippen LogP contribution in [0.5, 0.6) is 0 Å². The molecule has 5 heteroatoms. The number of nitrogens with one attached hydrogen (secondary N) is 1. The molecule has 0 aromatic heterocycles. The van der Waals surface area contributed by atoms with Gasteiger partial charge in [0.2, 0.25) is 0 Å². The molecule has 0 saturated carbocycles. The summed E-state index contributed by atoms with van der Waals surface area (Å²) in [5.41, 5.74) is 1.20. The third-order valence-electron chi connectivity index (χ3n) is 2.48. The summed E-state index contributed by atoms with van der Waals surface area (Å²) in [6, 6.07) is 8.24. The van der Waals surface area contributed by atoms with Crippen molar-refractivity contribution in [2.45, 2.75) is 6.92 Å². The van der Waals surface area contributed by atoms with E-state index in [1.807, 2.05) is 0 Å². The summed E-state index contributed by atoms with van der Waals surface area (Å²) in [5, 5.41) is 2.53. The monoisotopic (exact) mass is 325 g/mol. The first-order chi connectivity index (χ1) is 8.95. The molecule has 0 aliphatic rings. The molecule has 0 aliphatic heterocycles. The summed E-state index contributed by atoms with van der Waals surface area (Å²) in [4.78, 5) is 11.9. The van der Waals surface area contributed by atoms with E-state index in [4.69, 9.17) is 0 Å². The Labute approximate surface area is 117 Å². The number of carbonyl (C=O) groups excluding carboxylic acids is 1. The largest absolute Gasteiger partial charge is 0.322 e. The van der Waals surface area contributed by atoms with E-state index >= 15 is 0 Å². The molecule has 0 aliphatic carbocycles. The van der Waals surface area contributed by atoms with Crippen molar-refractivity contribution in [1.29, 1.82) is 0 Å². The highest BCUT2D eigenvalue weighted by atomic mass is 79.9. The van der Waals surface area contributed by atoms with Crippen molar-refractivity contribution in [2.24, 2.45) is 0 Å². The first-order valence-electron chi connectivity index (χ1n) is 5.49. The lowest BCUT2D eigenvalue weighted by Gasteiger charge is -2.07. The molecule has 0 saturated heterocycles. The van der Waals surface area contributed by atoms with Crippen LogP contribution in [0.3, 0.4) is 0 Å². The SMILES string of the molecule is Cc1cc(F)cc(NC(=O)c2ccc(Br)c(F)c2)c1. The molecule has 0 spiro atoms.